The number of hydrogen-bond donors (Lipinski definition) is 2. The van der Waals surface area contributed by atoms with Crippen molar-refractivity contribution in [3.05, 3.63) is 41.8 Å². The first kappa shape index (κ1) is 16.9. The van der Waals surface area contributed by atoms with Gasteiger partial charge >= 0.3 is 6.03 Å². The number of carbonyl (C=O) groups excluding carboxylic acids is 1. The van der Waals surface area contributed by atoms with Gasteiger partial charge in [-0.25, -0.2) is 4.79 Å². The molecule has 0 aliphatic rings. The Morgan fingerprint density at radius 3 is 2.74 bits per heavy atom. The lowest BCUT2D eigenvalue weighted by Crippen LogP contribution is -2.29. The SMILES string of the molecule is CCN(C)c1ccccc1NC(=O)NCc1cc(C(C)C)no1. The van der Waals surface area contributed by atoms with Crippen molar-refractivity contribution >= 4 is 17.4 Å². The zero-order valence-electron chi connectivity index (χ0n) is 14.1. The molecule has 0 bridgehead atoms. The maximum atomic E-state index is 12.1. The molecule has 0 saturated heterocycles. The van der Waals surface area contributed by atoms with Gasteiger partial charge in [0.15, 0.2) is 5.76 Å². The molecule has 6 heteroatoms. The van der Waals surface area contributed by atoms with E-state index in [1.807, 2.05) is 51.2 Å². The van der Waals surface area contributed by atoms with Crippen LogP contribution in [0.15, 0.2) is 34.9 Å². The van der Waals surface area contributed by atoms with Crippen LogP contribution in [0.2, 0.25) is 0 Å². The maximum absolute atomic E-state index is 12.1. The Kier molecular flexibility index (Phi) is 5.62. The maximum Gasteiger partial charge on any atom is 0.319 e. The van der Waals surface area contributed by atoms with Gasteiger partial charge in [0.2, 0.25) is 0 Å². The second-order valence-corrected chi connectivity index (χ2v) is 5.71. The van der Waals surface area contributed by atoms with Crippen molar-refractivity contribution in [2.75, 3.05) is 23.8 Å². The van der Waals surface area contributed by atoms with E-state index in [1.165, 1.54) is 0 Å². The quantitative estimate of drug-likeness (QED) is 0.854. The van der Waals surface area contributed by atoms with E-state index in [0.717, 1.165) is 23.6 Å². The van der Waals surface area contributed by atoms with Gasteiger partial charge < -0.3 is 20.1 Å². The van der Waals surface area contributed by atoms with Crippen LogP contribution in [-0.4, -0.2) is 24.8 Å². The fraction of sp³-hybridized carbons (Fsp3) is 0.412. The molecule has 2 N–H and O–H groups in total. The van der Waals surface area contributed by atoms with Crippen LogP contribution >= 0.6 is 0 Å². The van der Waals surface area contributed by atoms with Gasteiger partial charge in [-0.1, -0.05) is 31.1 Å². The van der Waals surface area contributed by atoms with Crippen LogP contribution in [0.3, 0.4) is 0 Å². The normalized spacial score (nSPS) is 10.7. The molecule has 0 radical (unpaired) electrons. The summed E-state index contributed by atoms with van der Waals surface area (Å²) in [4.78, 5) is 14.2. The van der Waals surface area contributed by atoms with Crippen molar-refractivity contribution in [3.8, 4) is 0 Å². The van der Waals surface area contributed by atoms with Crippen LogP contribution in [0.1, 0.15) is 38.1 Å². The Balaban J connectivity index is 1.94. The molecule has 124 valence electrons. The third-order valence-electron chi connectivity index (χ3n) is 3.63. The lowest BCUT2D eigenvalue weighted by Gasteiger charge is -2.20. The lowest BCUT2D eigenvalue weighted by atomic mass is 10.1. The van der Waals surface area contributed by atoms with E-state index in [9.17, 15) is 4.79 Å². The molecule has 0 unspecified atom stereocenters. The van der Waals surface area contributed by atoms with E-state index in [1.54, 1.807) is 0 Å². The van der Waals surface area contributed by atoms with Crippen LogP contribution < -0.4 is 15.5 Å². The Morgan fingerprint density at radius 2 is 2.09 bits per heavy atom. The topological polar surface area (TPSA) is 70.4 Å². The molecule has 2 amide bonds. The van der Waals surface area contributed by atoms with E-state index in [0.29, 0.717) is 18.2 Å². The molecule has 2 aromatic rings. The number of urea groups is 1. The van der Waals surface area contributed by atoms with Crippen LogP contribution in [0.4, 0.5) is 16.2 Å². The van der Waals surface area contributed by atoms with Gasteiger partial charge in [-0.2, -0.15) is 0 Å². The summed E-state index contributed by atoms with van der Waals surface area (Å²) in [7, 11) is 1.99. The van der Waals surface area contributed by atoms with E-state index in [4.69, 9.17) is 4.52 Å². The standard InChI is InChI=1S/C17H24N4O2/c1-5-21(4)16-9-7-6-8-14(16)19-17(22)18-11-13-10-15(12(2)3)20-23-13/h6-10,12H,5,11H2,1-4H3,(H2,18,19,22). The summed E-state index contributed by atoms with van der Waals surface area (Å²) in [6.07, 6.45) is 0. The van der Waals surface area contributed by atoms with Crippen LogP contribution in [0.5, 0.6) is 0 Å². The Bertz CT molecular complexity index is 652. The van der Waals surface area contributed by atoms with Gasteiger partial charge in [-0.3, -0.25) is 0 Å². The Labute approximate surface area is 136 Å². The predicted octanol–water partition coefficient (Wildman–Crippen LogP) is 3.58. The summed E-state index contributed by atoms with van der Waals surface area (Å²) in [6, 6.07) is 9.30. The minimum atomic E-state index is -0.274. The average Bonchev–Trinajstić information content (AvgIpc) is 3.02. The summed E-state index contributed by atoms with van der Waals surface area (Å²) in [5, 5.41) is 9.63. The molecular weight excluding hydrogens is 292 g/mol. The van der Waals surface area contributed by atoms with E-state index in [2.05, 4.69) is 27.6 Å². The first-order valence-corrected chi connectivity index (χ1v) is 7.81. The zero-order valence-corrected chi connectivity index (χ0v) is 14.1. The van der Waals surface area contributed by atoms with Gasteiger partial charge in [0.25, 0.3) is 0 Å². The number of anilines is 2. The van der Waals surface area contributed by atoms with Gasteiger partial charge in [-0.15, -0.1) is 0 Å². The van der Waals surface area contributed by atoms with Crippen LogP contribution in [-0.2, 0) is 6.54 Å². The Morgan fingerprint density at radius 1 is 1.35 bits per heavy atom. The first-order valence-electron chi connectivity index (χ1n) is 7.81. The fourth-order valence-corrected chi connectivity index (χ4v) is 2.10. The number of amides is 2. The van der Waals surface area contributed by atoms with E-state index in [-0.39, 0.29) is 6.03 Å². The molecular formula is C17H24N4O2. The van der Waals surface area contributed by atoms with Crippen molar-refractivity contribution in [1.29, 1.82) is 0 Å². The molecule has 0 aliphatic carbocycles. The summed E-state index contributed by atoms with van der Waals surface area (Å²) in [5.41, 5.74) is 2.64. The highest BCUT2D eigenvalue weighted by atomic mass is 16.5. The Hall–Kier alpha value is -2.50. The lowest BCUT2D eigenvalue weighted by molar-refractivity contribution is 0.250. The second-order valence-electron chi connectivity index (χ2n) is 5.71. The van der Waals surface area contributed by atoms with Gasteiger partial charge in [0.1, 0.15) is 0 Å². The molecule has 0 fully saturated rings. The van der Waals surface area contributed by atoms with Gasteiger partial charge in [0.05, 0.1) is 23.6 Å². The number of carbonyl (C=O) groups is 1. The van der Waals surface area contributed by atoms with Gasteiger partial charge in [0, 0.05) is 19.7 Å². The predicted molar refractivity (Wildman–Crippen MR) is 91.8 cm³/mol. The number of nitrogens with zero attached hydrogens (tertiary/aromatic N) is 2. The largest absolute Gasteiger partial charge is 0.373 e. The smallest absolute Gasteiger partial charge is 0.319 e. The summed E-state index contributed by atoms with van der Waals surface area (Å²) < 4.78 is 5.21. The number of aromatic nitrogens is 1. The second kappa shape index (κ2) is 7.67. The minimum Gasteiger partial charge on any atom is -0.373 e. The first-order chi connectivity index (χ1) is 11.0. The van der Waals surface area contributed by atoms with Crippen molar-refractivity contribution in [2.45, 2.75) is 33.2 Å². The van der Waals surface area contributed by atoms with E-state index < -0.39 is 0 Å². The monoisotopic (exact) mass is 316 g/mol. The van der Waals surface area contributed by atoms with Crippen molar-refractivity contribution in [3.63, 3.8) is 0 Å². The number of nitrogens with one attached hydrogen (secondary N) is 2. The fourth-order valence-electron chi connectivity index (χ4n) is 2.10. The van der Waals surface area contributed by atoms with Crippen LogP contribution in [0, 0.1) is 0 Å². The summed E-state index contributed by atoms with van der Waals surface area (Å²) in [6.45, 7) is 7.31. The molecule has 1 heterocycles. The highest BCUT2D eigenvalue weighted by molar-refractivity contribution is 5.93. The molecule has 23 heavy (non-hydrogen) atoms. The summed E-state index contributed by atoms with van der Waals surface area (Å²) >= 11 is 0. The third-order valence-corrected chi connectivity index (χ3v) is 3.63. The molecule has 0 atom stereocenters. The number of rotatable bonds is 6. The molecule has 1 aromatic heterocycles. The minimum absolute atomic E-state index is 0.274. The molecule has 6 nitrogen and oxygen atoms in total. The third kappa shape index (κ3) is 4.48. The zero-order chi connectivity index (χ0) is 16.8. The highest BCUT2D eigenvalue weighted by Crippen LogP contribution is 2.24. The molecule has 0 spiro atoms. The summed E-state index contributed by atoms with van der Waals surface area (Å²) in [5.74, 6) is 0.945. The molecule has 2 rings (SSSR count). The van der Waals surface area contributed by atoms with Crippen molar-refractivity contribution in [1.82, 2.24) is 10.5 Å². The number of para-hydroxylation sites is 2. The molecule has 0 aliphatic heterocycles. The van der Waals surface area contributed by atoms with E-state index >= 15 is 0 Å². The molecule has 1 aromatic carbocycles. The number of benzene rings is 1. The number of hydrogen-bond acceptors (Lipinski definition) is 4. The van der Waals surface area contributed by atoms with Crippen molar-refractivity contribution in [2.24, 2.45) is 0 Å². The average molecular weight is 316 g/mol. The highest BCUT2D eigenvalue weighted by Gasteiger charge is 2.11. The molecule has 0 saturated carbocycles. The van der Waals surface area contributed by atoms with Crippen LogP contribution in [0.25, 0.3) is 0 Å². The van der Waals surface area contributed by atoms with Crippen molar-refractivity contribution < 1.29 is 9.32 Å². The van der Waals surface area contributed by atoms with Gasteiger partial charge in [-0.05, 0) is 25.0 Å².